The third-order valence-electron chi connectivity index (χ3n) is 5.84. The van der Waals surface area contributed by atoms with E-state index in [0.29, 0.717) is 12.3 Å². The number of aromatic nitrogens is 6. The molecule has 154 valence electrons. The fourth-order valence-corrected chi connectivity index (χ4v) is 4.45. The molecule has 0 saturated carbocycles. The van der Waals surface area contributed by atoms with Gasteiger partial charge >= 0.3 is 0 Å². The van der Waals surface area contributed by atoms with Crippen LogP contribution in [0.5, 0.6) is 0 Å². The van der Waals surface area contributed by atoms with E-state index >= 15 is 0 Å². The van der Waals surface area contributed by atoms with Crippen molar-refractivity contribution in [1.82, 2.24) is 29.9 Å². The zero-order valence-corrected chi connectivity index (χ0v) is 17.2. The van der Waals surface area contributed by atoms with Crippen LogP contribution in [0.2, 0.25) is 0 Å². The molecule has 0 saturated heterocycles. The van der Waals surface area contributed by atoms with Crippen LogP contribution in [0.1, 0.15) is 24.7 Å². The topological polar surface area (TPSA) is 81.5 Å². The number of pyridine rings is 2. The van der Waals surface area contributed by atoms with Gasteiger partial charge in [-0.2, -0.15) is 10.2 Å². The van der Waals surface area contributed by atoms with Crippen molar-refractivity contribution in [3.8, 4) is 22.5 Å². The Kier molecular flexibility index (Phi) is 4.39. The number of rotatable bonds is 4. The second-order valence-electron chi connectivity index (χ2n) is 8.38. The molecule has 4 aromatic rings. The highest BCUT2D eigenvalue weighted by atomic mass is 19.1. The highest BCUT2D eigenvalue weighted by Crippen LogP contribution is 2.42. The number of methoxy groups -OCH3 is 1. The quantitative estimate of drug-likeness (QED) is 0.555. The van der Waals surface area contributed by atoms with E-state index in [0.717, 1.165) is 58.6 Å². The molecule has 0 fully saturated rings. The zero-order valence-electron chi connectivity index (χ0n) is 17.2. The predicted molar refractivity (Wildman–Crippen MR) is 111 cm³/mol. The Hall–Kier alpha value is -3.13. The van der Waals surface area contributed by atoms with Gasteiger partial charge in [-0.25, -0.2) is 9.37 Å². The molecule has 8 heteroatoms. The Morgan fingerprint density at radius 2 is 2.17 bits per heavy atom. The van der Waals surface area contributed by atoms with Gasteiger partial charge in [0, 0.05) is 47.0 Å². The molecule has 0 aromatic carbocycles. The predicted octanol–water partition coefficient (Wildman–Crippen LogP) is 3.93. The number of halogens is 1. The molecule has 1 unspecified atom stereocenters. The fourth-order valence-electron chi connectivity index (χ4n) is 4.45. The maximum absolute atomic E-state index is 13.5. The van der Waals surface area contributed by atoms with E-state index in [4.69, 9.17) is 9.84 Å². The van der Waals surface area contributed by atoms with E-state index in [1.807, 2.05) is 6.92 Å². The highest BCUT2D eigenvalue weighted by Gasteiger charge is 2.34. The molecule has 0 amide bonds. The van der Waals surface area contributed by atoms with Crippen LogP contribution in [0.3, 0.4) is 0 Å². The van der Waals surface area contributed by atoms with Gasteiger partial charge in [0.2, 0.25) is 0 Å². The number of aryl methyl sites for hydroxylation is 1. The second kappa shape index (κ2) is 6.98. The van der Waals surface area contributed by atoms with E-state index in [-0.39, 0.29) is 11.2 Å². The summed E-state index contributed by atoms with van der Waals surface area (Å²) in [5, 5.41) is 13.0. The smallest absolute Gasteiger partial charge is 0.155 e. The SMILES string of the molecule is COCC1(C)CCc2c(-c3cc(C)nc4[nH]ncc34)c(-c3ccc(F)cn3)nn2C1. The van der Waals surface area contributed by atoms with E-state index in [1.165, 1.54) is 12.3 Å². The van der Waals surface area contributed by atoms with Crippen LogP contribution < -0.4 is 0 Å². The number of aromatic amines is 1. The molecule has 1 atom stereocenters. The van der Waals surface area contributed by atoms with Gasteiger partial charge in [-0.1, -0.05) is 6.92 Å². The van der Waals surface area contributed by atoms with Gasteiger partial charge < -0.3 is 4.74 Å². The first-order valence-corrected chi connectivity index (χ1v) is 9.99. The minimum atomic E-state index is -0.367. The summed E-state index contributed by atoms with van der Waals surface area (Å²) in [4.78, 5) is 8.88. The standard InChI is InChI=1S/C22H23FN6O/c1-13-8-15(16-10-25-27-21(16)26-13)19-18-6-7-22(2,12-30-3)11-29(18)28-20(19)17-5-4-14(23)9-24-17/h4-5,8-10H,6-7,11-12H2,1-3H3,(H,25,26,27). The Morgan fingerprint density at radius 3 is 2.93 bits per heavy atom. The molecular weight excluding hydrogens is 383 g/mol. The number of ether oxygens (including phenoxy) is 1. The Bertz CT molecular complexity index is 1230. The molecule has 0 aliphatic carbocycles. The number of hydrogen-bond donors (Lipinski definition) is 1. The lowest BCUT2D eigenvalue weighted by Gasteiger charge is -2.33. The minimum Gasteiger partial charge on any atom is -0.384 e. The van der Waals surface area contributed by atoms with Crippen molar-refractivity contribution in [3.63, 3.8) is 0 Å². The largest absolute Gasteiger partial charge is 0.384 e. The average molecular weight is 406 g/mol. The first kappa shape index (κ1) is 18.9. The molecule has 7 nitrogen and oxygen atoms in total. The van der Waals surface area contributed by atoms with Crippen molar-refractivity contribution >= 4 is 11.0 Å². The third kappa shape index (κ3) is 3.08. The summed E-state index contributed by atoms with van der Waals surface area (Å²) >= 11 is 0. The fraction of sp³-hybridized carbons (Fsp3) is 0.364. The van der Waals surface area contributed by atoms with Crippen LogP contribution in [0.4, 0.5) is 4.39 Å². The van der Waals surface area contributed by atoms with Gasteiger partial charge in [-0.3, -0.25) is 14.8 Å². The van der Waals surface area contributed by atoms with Gasteiger partial charge in [0.25, 0.3) is 0 Å². The van der Waals surface area contributed by atoms with Crippen LogP contribution in [-0.4, -0.2) is 43.7 Å². The first-order chi connectivity index (χ1) is 14.5. The lowest BCUT2D eigenvalue weighted by molar-refractivity contribution is 0.0596. The summed E-state index contributed by atoms with van der Waals surface area (Å²) in [6, 6.07) is 5.17. The van der Waals surface area contributed by atoms with Crippen LogP contribution in [-0.2, 0) is 17.7 Å². The van der Waals surface area contributed by atoms with Gasteiger partial charge in [-0.15, -0.1) is 0 Å². The zero-order chi connectivity index (χ0) is 20.9. The third-order valence-corrected chi connectivity index (χ3v) is 5.84. The van der Waals surface area contributed by atoms with Crippen molar-refractivity contribution in [2.75, 3.05) is 13.7 Å². The molecule has 1 N–H and O–H groups in total. The van der Waals surface area contributed by atoms with Crippen molar-refractivity contribution in [3.05, 3.63) is 47.8 Å². The van der Waals surface area contributed by atoms with Crippen molar-refractivity contribution in [2.45, 2.75) is 33.2 Å². The molecule has 1 aliphatic heterocycles. The summed E-state index contributed by atoms with van der Waals surface area (Å²) < 4.78 is 21.1. The molecule has 0 radical (unpaired) electrons. The lowest BCUT2D eigenvalue weighted by Crippen LogP contribution is -2.34. The van der Waals surface area contributed by atoms with Crippen molar-refractivity contribution in [2.24, 2.45) is 5.41 Å². The van der Waals surface area contributed by atoms with Crippen molar-refractivity contribution in [1.29, 1.82) is 0 Å². The highest BCUT2D eigenvalue weighted by molar-refractivity contribution is 5.97. The molecule has 4 aromatic heterocycles. The average Bonchev–Trinajstić information content (AvgIpc) is 3.32. The van der Waals surface area contributed by atoms with Gasteiger partial charge in [-0.05, 0) is 38.0 Å². The van der Waals surface area contributed by atoms with E-state index in [1.54, 1.807) is 19.4 Å². The monoisotopic (exact) mass is 406 g/mol. The summed E-state index contributed by atoms with van der Waals surface area (Å²) in [7, 11) is 1.73. The van der Waals surface area contributed by atoms with Gasteiger partial charge in [0.1, 0.15) is 11.5 Å². The second-order valence-corrected chi connectivity index (χ2v) is 8.38. The van der Waals surface area contributed by atoms with Crippen LogP contribution in [0.15, 0.2) is 30.6 Å². The lowest BCUT2D eigenvalue weighted by atomic mass is 9.82. The Balaban J connectivity index is 1.76. The molecule has 0 bridgehead atoms. The molecule has 30 heavy (non-hydrogen) atoms. The summed E-state index contributed by atoms with van der Waals surface area (Å²) in [5.41, 5.74) is 6.22. The molecule has 0 spiro atoms. The number of fused-ring (bicyclic) bond motifs is 2. The van der Waals surface area contributed by atoms with E-state index < -0.39 is 0 Å². The van der Waals surface area contributed by atoms with Gasteiger partial charge in [0.05, 0.1) is 24.7 Å². The maximum atomic E-state index is 13.5. The van der Waals surface area contributed by atoms with Gasteiger partial charge in [0.15, 0.2) is 5.65 Å². The molecular formula is C22H23FN6O. The summed E-state index contributed by atoms with van der Waals surface area (Å²) in [5.74, 6) is -0.367. The van der Waals surface area contributed by atoms with E-state index in [9.17, 15) is 4.39 Å². The summed E-state index contributed by atoms with van der Waals surface area (Å²) in [6.07, 6.45) is 4.89. The van der Waals surface area contributed by atoms with Crippen LogP contribution in [0.25, 0.3) is 33.5 Å². The molecule has 5 heterocycles. The Labute approximate surface area is 173 Å². The number of nitrogens with zero attached hydrogens (tertiary/aromatic N) is 5. The maximum Gasteiger partial charge on any atom is 0.155 e. The summed E-state index contributed by atoms with van der Waals surface area (Å²) in [6.45, 7) is 5.61. The van der Waals surface area contributed by atoms with E-state index in [2.05, 4.69) is 37.8 Å². The number of hydrogen-bond acceptors (Lipinski definition) is 5. The minimum absolute atomic E-state index is 0.0116. The molecule has 1 aliphatic rings. The first-order valence-electron chi connectivity index (χ1n) is 9.99. The Morgan fingerprint density at radius 1 is 1.30 bits per heavy atom. The number of nitrogens with one attached hydrogen (secondary N) is 1. The number of H-pyrrole nitrogens is 1. The van der Waals surface area contributed by atoms with Crippen LogP contribution >= 0.6 is 0 Å². The van der Waals surface area contributed by atoms with Crippen LogP contribution in [0, 0.1) is 18.2 Å². The van der Waals surface area contributed by atoms with Crippen molar-refractivity contribution < 1.29 is 9.13 Å². The molecule has 5 rings (SSSR count). The normalized spacial score (nSPS) is 18.7.